The Morgan fingerprint density at radius 1 is 0.583 bits per heavy atom. The van der Waals surface area contributed by atoms with Gasteiger partial charge in [-0.25, -0.2) is 0 Å². The third-order valence-corrected chi connectivity index (χ3v) is 4.11. The molecule has 0 saturated carbocycles. The van der Waals surface area contributed by atoms with Crippen molar-refractivity contribution in [2.45, 2.75) is 0 Å². The third kappa shape index (κ3) is 2.46. The van der Waals surface area contributed by atoms with Gasteiger partial charge in [0.1, 0.15) is 0 Å². The lowest BCUT2D eigenvalue weighted by atomic mass is 9.98. The predicted molar refractivity (Wildman–Crippen MR) is 95.9 cm³/mol. The lowest BCUT2D eigenvalue weighted by Crippen LogP contribution is -2.02. The van der Waals surface area contributed by atoms with Crippen molar-refractivity contribution in [3.8, 4) is 22.5 Å². The van der Waals surface area contributed by atoms with Gasteiger partial charge in [-0.2, -0.15) is 0 Å². The van der Waals surface area contributed by atoms with E-state index in [1.54, 1.807) is 0 Å². The molecule has 3 heteroatoms. The molecule has 4 rings (SSSR count). The zero-order valence-corrected chi connectivity index (χ0v) is 13.0. The molecule has 0 bridgehead atoms. The first kappa shape index (κ1) is 14.3. The summed E-state index contributed by atoms with van der Waals surface area (Å²) in [6.07, 6.45) is 3.62. The van der Waals surface area contributed by atoms with Crippen LogP contribution in [0.25, 0.3) is 22.5 Å². The van der Waals surface area contributed by atoms with Crippen LogP contribution >= 0.6 is 0 Å². The van der Waals surface area contributed by atoms with Crippen LogP contribution in [0.1, 0.15) is 15.9 Å². The van der Waals surface area contributed by atoms with Crippen LogP contribution < -0.4 is 0 Å². The summed E-state index contributed by atoms with van der Waals surface area (Å²) in [7, 11) is 0. The van der Waals surface area contributed by atoms with E-state index in [4.69, 9.17) is 0 Å². The van der Waals surface area contributed by atoms with Gasteiger partial charge in [0.05, 0.1) is 11.4 Å². The van der Waals surface area contributed by atoms with E-state index in [1.807, 2.05) is 85.2 Å². The van der Waals surface area contributed by atoms with Crippen LogP contribution in [0.15, 0.2) is 85.2 Å². The van der Waals surface area contributed by atoms with Crippen LogP contribution in [0.4, 0.5) is 0 Å². The Hall–Kier alpha value is -3.33. The normalized spacial score (nSPS) is 10.7. The molecule has 0 saturated heterocycles. The second-order valence-corrected chi connectivity index (χ2v) is 5.59. The van der Waals surface area contributed by atoms with E-state index in [0.717, 1.165) is 22.5 Å². The smallest absolute Gasteiger partial charge is 0.197 e. The van der Waals surface area contributed by atoms with Crippen LogP contribution in [0.5, 0.6) is 0 Å². The SMILES string of the molecule is O=C(c1cc[nH]c1-c1ccccc1)c1cc[nH]c1-c1ccccc1. The van der Waals surface area contributed by atoms with E-state index in [0.29, 0.717) is 11.1 Å². The molecule has 0 fully saturated rings. The molecule has 2 aromatic carbocycles. The van der Waals surface area contributed by atoms with E-state index in [2.05, 4.69) is 9.97 Å². The molecule has 0 amide bonds. The zero-order chi connectivity index (χ0) is 16.4. The average molecular weight is 312 g/mol. The monoisotopic (exact) mass is 312 g/mol. The standard InChI is InChI=1S/C21H16N2O/c24-21(17-11-13-22-19(17)15-7-3-1-4-8-15)18-12-14-23-20(18)16-9-5-2-6-10-16/h1-14,22-23H. The summed E-state index contributed by atoms with van der Waals surface area (Å²) in [6, 6.07) is 23.5. The molecule has 2 heterocycles. The van der Waals surface area contributed by atoms with Gasteiger partial charge in [0.25, 0.3) is 0 Å². The number of aromatic amines is 2. The summed E-state index contributed by atoms with van der Waals surface area (Å²) in [5, 5.41) is 0. The topological polar surface area (TPSA) is 48.6 Å². The molecule has 24 heavy (non-hydrogen) atoms. The molecule has 4 aromatic rings. The van der Waals surface area contributed by atoms with Gasteiger partial charge in [0.2, 0.25) is 0 Å². The molecule has 0 aliphatic heterocycles. The first-order valence-electron chi connectivity index (χ1n) is 7.85. The summed E-state index contributed by atoms with van der Waals surface area (Å²) in [5.41, 5.74) is 5.06. The van der Waals surface area contributed by atoms with Crippen LogP contribution in [0.3, 0.4) is 0 Å². The fourth-order valence-corrected chi connectivity index (χ4v) is 2.95. The number of benzene rings is 2. The van der Waals surface area contributed by atoms with E-state index in [9.17, 15) is 4.79 Å². The van der Waals surface area contributed by atoms with Gasteiger partial charge in [0, 0.05) is 23.5 Å². The zero-order valence-electron chi connectivity index (χ0n) is 13.0. The maximum absolute atomic E-state index is 13.1. The molecule has 0 atom stereocenters. The summed E-state index contributed by atoms with van der Waals surface area (Å²) in [4.78, 5) is 19.5. The fraction of sp³-hybridized carbons (Fsp3) is 0. The number of ketones is 1. The number of hydrogen-bond acceptors (Lipinski definition) is 1. The maximum Gasteiger partial charge on any atom is 0.197 e. The van der Waals surface area contributed by atoms with Crippen LogP contribution in [-0.4, -0.2) is 15.8 Å². The van der Waals surface area contributed by atoms with Gasteiger partial charge in [-0.05, 0) is 23.3 Å². The quantitative estimate of drug-likeness (QED) is 0.517. The van der Waals surface area contributed by atoms with Gasteiger partial charge >= 0.3 is 0 Å². The molecular formula is C21H16N2O. The Labute approximate surface area is 140 Å². The van der Waals surface area contributed by atoms with E-state index in [-0.39, 0.29) is 5.78 Å². The third-order valence-electron chi connectivity index (χ3n) is 4.11. The summed E-state index contributed by atoms with van der Waals surface area (Å²) in [5.74, 6) is 0.00945. The average Bonchev–Trinajstić information content (AvgIpc) is 3.32. The van der Waals surface area contributed by atoms with Gasteiger partial charge in [-0.15, -0.1) is 0 Å². The second kappa shape index (κ2) is 6.05. The summed E-state index contributed by atoms with van der Waals surface area (Å²) in [6.45, 7) is 0. The largest absolute Gasteiger partial charge is 0.361 e. The Bertz CT molecular complexity index is 886. The minimum absolute atomic E-state index is 0.00945. The molecule has 116 valence electrons. The lowest BCUT2D eigenvalue weighted by Gasteiger charge is -2.06. The highest BCUT2D eigenvalue weighted by Crippen LogP contribution is 2.28. The van der Waals surface area contributed by atoms with Crippen molar-refractivity contribution in [3.05, 3.63) is 96.3 Å². The van der Waals surface area contributed by atoms with Gasteiger partial charge in [-0.1, -0.05) is 60.7 Å². The highest BCUT2D eigenvalue weighted by molar-refractivity contribution is 6.15. The number of carbonyl (C=O) groups is 1. The fourth-order valence-electron chi connectivity index (χ4n) is 2.95. The molecule has 0 spiro atoms. The number of hydrogen-bond donors (Lipinski definition) is 2. The van der Waals surface area contributed by atoms with Crippen LogP contribution in [0, 0.1) is 0 Å². The van der Waals surface area contributed by atoms with Crippen molar-refractivity contribution in [1.82, 2.24) is 9.97 Å². The molecule has 0 radical (unpaired) electrons. The van der Waals surface area contributed by atoms with E-state index in [1.165, 1.54) is 0 Å². The molecule has 2 N–H and O–H groups in total. The van der Waals surface area contributed by atoms with Crippen molar-refractivity contribution in [2.24, 2.45) is 0 Å². The molecule has 2 aromatic heterocycles. The molecule has 0 aliphatic rings. The van der Waals surface area contributed by atoms with Crippen molar-refractivity contribution < 1.29 is 4.79 Å². The number of aromatic nitrogens is 2. The minimum Gasteiger partial charge on any atom is -0.361 e. The Kier molecular flexibility index (Phi) is 3.60. The first-order chi connectivity index (χ1) is 11.8. The number of nitrogens with one attached hydrogen (secondary N) is 2. The molecule has 0 aliphatic carbocycles. The number of rotatable bonds is 4. The molecule has 3 nitrogen and oxygen atoms in total. The number of H-pyrrole nitrogens is 2. The highest BCUT2D eigenvalue weighted by atomic mass is 16.1. The van der Waals surface area contributed by atoms with E-state index >= 15 is 0 Å². The van der Waals surface area contributed by atoms with Crippen LogP contribution in [-0.2, 0) is 0 Å². The summed E-state index contributed by atoms with van der Waals surface area (Å²) < 4.78 is 0. The highest BCUT2D eigenvalue weighted by Gasteiger charge is 2.20. The van der Waals surface area contributed by atoms with Gasteiger partial charge < -0.3 is 9.97 Å². The van der Waals surface area contributed by atoms with Crippen molar-refractivity contribution in [1.29, 1.82) is 0 Å². The maximum atomic E-state index is 13.1. The molecular weight excluding hydrogens is 296 g/mol. The van der Waals surface area contributed by atoms with Crippen molar-refractivity contribution in [2.75, 3.05) is 0 Å². The Balaban J connectivity index is 1.78. The van der Waals surface area contributed by atoms with Gasteiger partial charge in [0.15, 0.2) is 5.78 Å². The first-order valence-corrected chi connectivity index (χ1v) is 7.85. The Morgan fingerprint density at radius 2 is 1.00 bits per heavy atom. The predicted octanol–water partition coefficient (Wildman–Crippen LogP) is 4.91. The van der Waals surface area contributed by atoms with Crippen molar-refractivity contribution in [3.63, 3.8) is 0 Å². The number of carbonyl (C=O) groups excluding carboxylic acids is 1. The van der Waals surface area contributed by atoms with Crippen LogP contribution in [0.2, 0.25) is 0 Å². The second-order valence-electron chi connectivity index (χ2n) is 5.59. The Morgan fingerprint density at radius 3 is 1.42 bits per heavy atom. The molecule has 0 unspecified atom stereocenters. The van der Waals surface area contributed by atoms with Crippen molar-refractivity contribution >= 4 is 5.78 Å². The lowest BCUT2D eigenvalue weighted by molar-refractivity contribution is 0.104. The summed E-state index contributed by atoms with van der Waals surface area (Å²) >= 11 is 0. The minimum atomic E-state index is 0.00945. The van der Waals surface area contributed by atoms with Gasteiger partial charge in [-0.3, -0.25) is 4.79 Å². The van der Waals surface area contributed by atoms with E-state index < -0.39 is 0 Å².